The topological polar surface area (TPSA) is 91.6 Å². The van der Waals surface area contributed by atoms with Crippen molar-refractivity contribution in [3.8, 4) is 22.4 Å². The Morgan fingerprint density at radius 2 is 1.50 bits per heavy atom. The summed E-state index contributed by atoms with van der Waals surface area (Å²) in [6, 6.07) is 24.8. The lowest BCUT2D eigenvalue weighted by atomic mass is 9.94. The van der Waals surface area contributed by atoms with Crippen LogP contribution in [0, 0.1) is 5.82 Å². The highest BCUT2D eigenvalue weighted by atomic mass is 19.1. The van der Waals surface area contributed by atoms with E-state index in [4.69, 9.17) is 5.11 Å². The molecule has 1 heterocycles. The van der Waals surface area contributed by atoms with Gasteiger partial charge in [-0.05, 0) is 59.9 Å². The van der Waals surface area contributed by atoms with Crippen LogP contribution in [0.2, 0.25) is 0 Å². The Balaban J connectivity index is 1.98. The summed E-state index contributed by atoms with van der Waals surface area (Å²) < 4.78 is 15.9. The van der Waals surface area contributed by atoms with Gasteiger partial charge in [-0.25, -0.2) is 4.39 Å². The van der Waals surface area contributed by atoms with Gasteiger partial charge in [-0.15, -0.1) is 0 Å². The lowest BCUT2D eigenvalue weighted by molar-refractivity contribution is -0.139. The second kappa shape index (κ2) is 11.9. The smallest absolute Gasteiger partial charge is 0.305 e. The summed E-state index contributed by atoms with van der Waals surface area (Å²) >= 11 is 0. The SMILES string of the molecule is CC(C)c1c(C(=O)Nc2ccccc2)c(-c2ccccc2)c(-c2ccc(F)cc2)n1CC[C@H](O)CC(=O)O. The van der Waals surface area contributed by atoms with Gasteiger partial charge in [0.15, 0.2) is 0 Å². The van der Waals surface area contributed by atoms with Crippen LogP contribution < -0.4 is 5.32 Å². The molecular formula is C31H31FN2O4. The van der Waals surface area contributed by atoms with E-state index in [1.807, 2.05) is 79.1 Å². The van der Waals surface area contributed by atoms with Crippen molar-refractivity contribution in [3.05, 3.63) is 102 Å². The maximum Gasteiger partial charge on any atom is 0.305 e. The number of benzene rings is 3. The number of anilines is 1. The van der Waals surface area contributed by atoms with E-state index < -0.39 is 12.1 Å². The highest BCUT2D eigenvalue weighted by Crippen LogP contribution is 2.42. The van der Waals surface area contributed by atoms with E-state index in [1.165, 1.54) is 12.1 Å². The van der Waals surface area contributed by atoms with Crippen molar-refractivity contribution >= 4 is 17.6 Å². The Morgan fingerprint density at radius 3 is 2.08 bits per heavy atom. The van der Waals surface area contributed by atoms with Crippen LogP contribution in [-0.4, -0.2) is 32.8 Å². The standard InChI is InChI=1S/C31H31FN2O4/c1-20(2)29-28(31(38)33-24-11-7-4-8-12-24)27(21-9-5-3-6-10-21)30(22-13-15-23(32)16-14-22)34(29)18-17-25(35)19-26(36)37/h3-16,20,25,35H,17-19H2,1-2H3,(H,33,38)(H,36,37)/t25-/m0/s1. The number of aliphatic hydroxyl groups is 1. The van der Waals surface area contributed by atoms with Crippen LogP contribution in [0.25, 0.3) is 22.4 Å². The zero-order valence-corrected chi connectivity index (χ0v) is 21.4. The first-order valence-corrected chi connectivity index (χ1v) is 12.6. The maximum atomic E-state index is 14.0. The van der Waals surface area contributed by atoms with Crippen molar-refractivity contribution in [3.63, 3.8) is 0 Å². The van der Waals surface area contributed by atoms with Crippen LogP contribution in [0.5, 0.6) is 0 Å². The Kier molecular flexibility index (Phi) is 8.38. The monoisotopic (exact) mass is 514 g/mol. The fourth-order valence-corrected chi connectivity index (χ4v) is 4.79. The number of nitrogens with zero attached hydrogens (tertiary/aromatic N) is 1. The number of para-hydroxylation sites is 1. The molecular weight excluding hydrogens is 483 g/mol. The van der Waals surface area contributed by atoms with E-state index in [2.05, 4.69) is 5.32 Å². The Hall–Kier alpha value is -4.23. The number of aromatic nitrogens is 1. The van der Waals surface area contributed by atoms with E-state index >= 15 is 0 Å². The first-order chi connectivity index (χ1) is 18.3. The zero-order valence-electron chi connectivity index (χ0n) is 21.4. The number of halogens is 1. The zero-order chi connectivity index (χ0) is 27.2. The van der Waals surface area contributed by atoms with Crippen molar-refractivity contribution in [1.29, 1.82) is 0 Å². The molecule has 38 heavy (non-hydrogen) atoms. The molecule has 0 aliphatic rings. The molecule has 0 fully saturated rings. The molecule has 0 aliphatic carbocycles. The van der Waals surface area contributed by atoms with Crippen molar-refractivity contribution < 1.29 is 24.2 Å². The first-order valence-electron chi connectivity index (χ1n) is 12.6. The van der Waals surface area contributed by atoms with Gasteiger partial charge in [-0.1, -0.05) is 62.4 Å². The number of carbonyl (C=O) groups is 2. The minimum absolute atomic E-state index is 0.0974. The summed E-state index contributed by atoms with van der Waals surface area (Å²) in [6.45, 7) is 4.25. The molecule has 3 aromatic carbocycles. The molecule has 1 aromatic heterocycles. The number of hydrogen-bond acceptors (Lipinski definition) is 3. The van der Waals surface area contributed by atoms with Gasteiger partial charge in [-0.3, -0.25) is 9.59 Å². The molecule has 6 nitrogen and oxygen atoms in total. The molecule has 1 amide bonds. The molecule has 0 aliphatic heterocycles. The predicted octanol–water partition coefficient (Wildman–Crippen LogP) is 6.56. The van der Waals surface area contributed by atoms with Crippen LogP contribution in [-0.2, 0) is 11.3 Å². The minimum atomic E-state index is -1.08. The number of carboxylic acids is 1. The van der Waals surface area contributed by atoms with Crippen molar-refractivity contribution in [2.75, 3.05) is 5.32 Å². The van der Waals surface area contributed by atoms with Gasteiger partial charge in [-0.2, -0.15) is 0 Å². The third kappa shape index (κ3) is 6.01. The van der Waals surface area contributed by atoms with Crippen LogP contribution in [0.3, 0.4) is 0 Å². The summed E-state index contributed by atoms with van der Waals surface area (Å²) in [5, 5.41) is 22.5. The lowest BCUT2D eigenvalue weighted by Crippen LogP contribution is -2.19. The highest BCUT2D eigenvalue weighted by molar-refractivity contribution is 6.12. The maximum absolute atomic E-state index is 14.0. The van der Waals surface area contributed by atoms with Crippen LogP contribution in [0.4, 0.5) is 10.1 Å². The molecule has 7 heteroatoms. The second-order valence-electron chi connectivity index (χ2n) is 9.52. The van der Waals surface area contributed by atoms with Gasteiger partial charge >= 0.3 is 5.97 Å². The Bertz CT molecular complexity index is 1400. The summed E-state index contributed by atoms with van der Waals surface area (Å²) in [5.41, 5.74) is 4.82. The quantitative estimate of drug-likeness (QED) is 0.223. The molecule has 0 bridgehead atoms. The van der Waals surface area contributed by atoms with E-state index in [-0.39, 0.29) is 37.0 Å². The fraction of sp³-hybridized carbons (Fsp3) is 0.226. The van der Waals surface area contributed by atoms with Gasteiger partial charge in [0, 0.05) is 23.5 Å². The molecule has 0 spiro atoms. The van der Waals surface area contributed by atoms with Gasteiger partial charge < -0.3 is 20.1 Å². The second-order valence-corrected chi connectivity index (χ2v) is 9.52. The molecule has 1 atom stereocenters. The van der Waals surface area contributed by atoms with Gasteiger partial charge in [0.25, 0.3) is 5.91 Å². The van der Waals surface area contributed by atoms with Crippen molar-refractivity contribution in [1.82, 2.24) is 4.57 Å². The lowest BCUT2D eigenvalue weighted by Gasteiger charge is -2.18. The molecule has 4 rings (SSSR count). The van der Waals surface area contributed by atoms with Crippen LogP contribution >= 0.6 is 0 Å². The van der Waals surface area contributed by atoms with Gasteiger partial charge in [0.05, 0.1) is 23.8 Å². The number of amides is 1. The van der Waals surface area contributed by atoms with Gasteiger partial charge in [0.2, 0.25) is 0 Å². The number of aliphatic carboxylic acids is 1. The molecule has 0 unspecified atom stereocenters. The number of hydrogen-bond donors (Lipinski definition) is 3. The summed E-state index contributed by atoms with van der Waals surface area (Å²) in [4.78, 5) is 25.1. The average Bonchev–Trinajstić information content (AvgIpc) is 3.24. The predicted molar refractivity (Wildman–Crippen MR) is 147 cm³/mol. The summed E-state index contributed by atoms with van der Waals surface area (Å²) in [6.07, 6.45) is -1.27. The van der Waals surface area contributed by atoms with Crippen LogP contribution in [0.1, 0.15) is 48.7 Å². The number of rotatable bonds is 10. The number of carbonyl (C=O) groups excluding carboxylic acids is 1. The average molecular weight is 515 g/mol. The number of carboxylic acid groups (broad SMARTS) is 1. The van der Waals surface area contributed by atoms with Crippen LogP contribution in [0.15, 0.2) is 84.9 Å². The largest absolute Gasteiger partial charge is 0.481 e. The third-order valence-electron chi connectivity index (χ3n) is 6.39. The normalized spacial score (nSPS) is 11.9. The van der Waals surface area contributed by atoms with Crippen molar-refractivity contribution in [2.45, 2.75) is 45.3 Å². The first kappa shape index (κ1) is 26.8. The number of nitrogens with one attached hydrogen (secondary N) is 1. The molecule has 0 saturated carbocycles. The summed E-state index contributed by atoms with van der Waals surface area (Å²) in [7, 11) is 0. The molecule has 4 aromatic rings. The fourth-order valence-electron chi connectivity index (χ4n) is 4.79. The van der Waals surface area contributed by atoms with Crippen molar-refractivity contribution in [2.24, 2.45) is 0 Å². The van der Waals surface area contributed by atoms with E-state index in [9.17, 15) is 19.1 Å². The Morgan fingerprint density at radius 1 is 0.895 bits per heavy atom. The van der Waals surface area contributed by atoms with E-state index in [0.29, 0.717) is 28.1 Å². The number of aliphatic hydroxyl groups excluding tert-OH is 1. The highest BCUT2D eigenvalue weighted by Gasteiger charge is 2.30. The molecule has 0 saturated heterocycles. The summed E-state index contributed by atoms with van der Waals surface area (Å²) in [5.74, 6) is -1.84. The minimum Gasteiger partial charge on any atom is -0.481 e. The Labute approximate surface area is 221 Å². The molecule has 0 radical (unpaired) electrons. The molecule has 196 valence electrons. The van der Waals surface area contributed by atoms with Gasteiger partial charge in [0.1, 0.15) is 5.82 Å². The third-order valence-corrected chi connectivity index (χ3v) is 6.39. The van der Waals surface area contributed by atoms with E-state index in [1.54, 1.807) is 12.1 Å². The van der Waals surface area contributed by atoms with E-state index in [0.717, 1.165) is 11.3 Å². The molecule has 3 N–H and O–H groups in total.